The topological polar surface area (TPSA) is 66.8 Å². The number of para-hydroxylation sites is 1. The van der Waals surface area contributed by atoms with Crippen LogP contribution in [0, 0.1) is 0 Å². The van der Waals surface area contributed by atoms with Crippen molar-refractivity contribution in [3.63, 3.8) is 0 Å². The summed E-state index contributed by atoms with van der Waals surface area (Å²) in [6.45, 7) is 5.79. The molecule has 0 aliphatic rings. The van der Waals surface area contributed by atoms with Gasteiger partial charge in [-0.25, -0.2) is 4.79 Å². The monoisotopic (exact) mass is 260 g/mol. The maximum absolute atomic E-state index is 11.2. The van der Waals surface area contributed by atoms with Crippen molar-refractivity contribution in [2.75, 3.05) is 6.61 Å². The van der Waals surface area contributed by atoms with Crippen LogP contribution in [-0.2, 0) is 9.53 Å². The Hall–Kier alpha value is -1.26. The molecule has 17 heavy (non-hydrogen) atoms. The van der Waals surface area contributed by atoms with Crippen molar-refractivity contribution in [1.82, 2.24) is 0 Å². The van der Waals surface area contributed by atoms with Crippen LogP contribution in [0.15, 0.2) is 18.2 Å². The number of carbonyl (C=O) groups excluding carboxylic acids is 1. The van der Waals surface area contributed by atoms with E-state index in [9.17, 15) is 15.0 Å². The molecule has 1 unspecified atom stereocenters. The van der Waals surface area contributed by atoms with Gasteiger partial charge in [0.15, 0.2) is 6.10 Å². The molecule has 0 heterocycles. The van der Waals surface area contributed by atoms with Gasteiger partial charge in [-0.15, -0.1) is 0 Å². The van der Waals surface area contributed by atoms with E-state index in [0.717, 1.165) is 0 Å². The molecule has 1 aromatic rings. The third kappa shape index (κ3) is 4.24. The minimum atomic E-state index is -1.51. The third-order valence-corrected chi connectivity index (χ3v) is 2.13. The van der Waals surface area contributed by atoms with Gasteiger partial charge in [-0.2, -0.15) is 0 Å². The van der Waals surface area contributed by atoms with E-state index >= 15 is 0 Å². The van der Waals surface area contributed by atoms with Gasteiger partial charge in [0.2, 0.25) is 0 Å². The van der Waals surface area contributed by atoms with E-state index < -0.39 is 12.1 Å². The number of carbonyl (C=O) groups is 1. The number of rotatable bonds is 3. The van der Waals surface area contributed by atoms with Crippen molar-refractivity contribution in [2.24, 2.45) is 0 Å². The van der Waals surface area contributed by atoms with E-state index in [0.29, 0.717) is 0 Å². The molecule has 2 N–H and O–H groups in total. The summed E-state index contributed by atoms with van der Waals surface area (Å²) in [6.07, 6.45) is -1.51. The minimum absolute atomic E-state index is 0.0425. The first-order valence-corrected chi connectivity index (χ1v) is 5.77. The van der Waals surface area contributed by atoms with Crippen LogP contribution in [0.25, 0.3) is 0 Å². The largest absolute Gasteiger partial charge is 0.506 e. The van der Waals surface area contributed by atoms with Gasteiger partial charge < -0.3 is 14.9 Å². The SMILES string of the molecule is CC.CCOC(=O)C(O)c1cccc(Cl)c1O. The number of halogens is 1. The predicted octanol–water partition coefficient (Wildman–Crippen LogP) is 2.67. The highest BCUT2D eigenvalue weighted by molar-refractivity contribution is 6.32. The zero-order chi connectivity index (χ0) is 13.4. The molecule has 0 aliphatic carbocycles. The molecule has 96 valence electrons. The zero-order valence-electron chi connectivity index (χ0n) is 10.1. The number of ether oxygens (including phenoxy) is 1. The molecule has 4 nitrogen and oxygen atoms in total. The van der Waals surface area contributed by atoms with Crippen LogP contribution in [-0.4, -0.2) is 22.8 Å². The second-order valence-electron chi connectivity index (χ2n) is 2.83. The van der Waals surface area contributed by atoms with Crippen LogP contribution < -0.4 is 0 Å². The molecular formula is C12H17ClO4. The highest BCUT2D eigenvalue weighted by Crippen LogP contribution is 2.31. The quantitative estimate of drug-likeness (QED) is 0.820. The Morgan fingerprint density at radius 2 is 2.06 bits per heavy atom. The summed E-state index contributed by atoms with van der Waals surface area (Å²) in [7, 11) is 0. The minimum Gasteiger partial charge on any atom is -0.506 e. The Labute approximate surface area is 106 Å². The fourth-order valence-electron chi connectivity index (χ4n) is 1.10. The molecular weight excluding hydrogens is 244 g/mol. The number of aromatic hydroxyl groups is 1. The zero-order valence-corrected chi connectivity index (χ0v) is 10.9. The standard InChI is InChI=1S/C10H11ClO4.C2H6/c1-2-15-10(14)9(13)6-4-3-5-7(11)8(6)12;1-2/h3-5,9,12-13H,2H2,1H3;1-2H3. The fourth-order valence-corrected chi connectivity index (χ4v) is 1.28. The molecule has 0 radical (unpaired) electrons. The normalized spacial score (nSPS) is 11.1. The average molecular weight is 261 g/mol. The maximum atomic E-state index is 11.2. The molecule has 0 aliphatic heterocycles. The molecule has 0 fully saturated rings. The van der Waals surface area contributed by atoms with E-state index in [1.165, 1.54) is 18.2 Å². The summed E-state index contributed by atoms with van der Waals surface area (Å²) >= 11 is 5.63. The fraction of sp³-hybridized carbons (Fsp3) is 0.417. The van der Waals surface area contributed by atoms with Gasteiger partial charge in [0.1, 0.15) is 5.75 Å². The van der Waals surface area contributed by atoms with Crippen LogP contribution in [0.3, 0.4) is 0 Å². The van der Waals surface area contributed by atoms with E-state index in [-0.39, 0.29) is 22.9 Å². The molecule has 0 saturated carbocycles. The van der Waals surface area contributed by atoms with Crippen molar-refractivity contribution in [3.05, 3.63) is 28.8 Å². The summed E-state index contributed by atoms with van der Waals surface area (Å²) in [5.74, 6) is -1.12. The predicted molar refractivity (Wildman–Crippen MR) is 66.1 cm³/mol. The Morgan fingerprint density at radius 1 is 1.47 bits per heavy atom. The molecule has 1 atom stereocenters. The number of benzene rings is 1. The number of esters is 1. The first-order valence-electron chi connectivity index (χ1n) is 5.40. The highest BCUT2D eigenvalue weighted by Gasteiger charge is 2.22. The lowest BCUT2D eigenvalue weighted by Crippen LogP contribution is -2.15. The van der Waals surface area contributed by atoms with Crippen molar-refractivity contribution in [1.29, 1.82) is 0 Å². The van der Waals surface area contributed by atoms with Gasteiger partial charge in [0, 0.05) is 5.56 Å². The second-order valence-corrected chi connectivity index (χ2v) is 3.24. The van der Waals surface area contributed by atoms with Crippen LogP contribution in [0.1, 0.15) is 32.4 Å². The summed E-state index contributed by atoms with van der Waals surface area (Å²) in [5.41, 5.74) is 0.0425. The second kappa shape index (κ2) is 7.92. The van der Waals surface area contributed by atoms with Gasteiger partial charge in [-0.3, -0.25) is 0 Å². The van der Waals surface area contributed by atoms with E-state index in [1.54, 1.807) is 6.92 Å². The number of phenols is 1. The van der Waals surface area contributed by atoms with Crippen LogP contribution in [0.2, 0.25) is 5.02 Å². The van der Waals surface area contributed by atoms with Crippen LogP contribution in [0.4, 0.5) is 0 Å². The molecule has 1 rings (SSSR count). The Balaban J connectivity index is 0.00000121. The van der Waals surface area contributed by atoms with E-state index in [1.807, 2.05) is 13.8 Å². The Morgan fingerprint density at radius 3 is 2.59 bits per heavy atom. The third-order valence-electron chi connectivity index (χ3n) is 1.82. The summed E-state index contributed by atoms with van der Waals surface area (Å²) in [5, 5.41) is 19.1. The molecule has 0 amide bonds. The maximum Gasteiger partial charge on any atom is 0.339 e. The van der Waals surface area contributed by atoms with Gasteiger partial charge in [0.25, 0.3) is 0 Å². The van der Waals surface area contributed by atoms with Crippen molar-refractivity contribution in [2.45, 2.75) is 26.9 Å². The Bertz CT molecular complexity index is 366. The van der Waals surface area contributed by atoms with Crippen LogP contribution in [0.5, 0.6) is 5.75 Å². The van der Waals surface area contributed by atoms with Gasteiger partial charge >= 0.3 is 5.97 Å². The summed E-state index contributed by atoms with van der Waals surface area (Å²) in [4.78, 5) is 11.2. The first kappa shape index (κ1) is 15.7. The Kier molecular flexibility index (Phi) is 7.34. The average Bonchev–Trinajstić information content (AvgIpc) is 2.34. The smallest absolute Gasteiger partial charge is 0.339 e. The molecule has 0 aromatic heterocycles. The van der Waals surface area contributed by atoms with Gasteiger partial charge in [-0.1, -0.05) is 37.6 Å². The van der Waals surface area contributed by atoms with Crippen LogP contribution >= 0.6 is 11.6 Å². The van der Waals surface area contributed by atoms with Crippen molar-refractivity contribution >= 4 is 17.6 Å². The summed E-state index contributed by atoms with van der Waals surface area (Å²) in [6, 6.07) is 4.39. The molecule has 5 heteroatoms. The lowest BCUT2D eigenvalue weighted by atomic mass is 10.1. The van der Waals surface area contributed by atoms with Crippen molar-refractivity contribution < 1.29 is 19.7 Å². The van der Waals surface area contributed by atoms with Gasteiger partial charge in [0.05, 0.1) is 11.6 Å². The van der Waals surface area contributed by atoms with Crippen molar-refractivity contribution in [3.8, 4) is 5.75 Å². The lowest BCUT2D eigenvalue weighted by molar-refractivity contribution is -0.153. The number of hydrogen-bond donors (Lipinski definition) is 2. The summed E-state index contributed by atoms with van der Waals surface area (Å²) < 4.78 is 4.61. The number of hydrogen-bond acceptors (Lipinski definition) is 4. The molecule has 0 spiro atoms. The van der Waals surface area contributed by atoms with E-state index in [4.69, 9.17) is 11.6 Å². The molecule has 1 aromatic carbocycles. The number of aliphatic hydroxyl groups is 1. The lowest BCUT2D eigenvalue weighted by Gasteiger charge is -2.11. The number of phenolic OH excluding ortho intramolecular Hbond substituents is 1. The number of aliphatic hydroxyl groups excluding tert-OH is 1. The molecule has 0 saturated heterocycles. The highest BCUT2D eigenvalue weighted by atomic mass is 35.5. The van der Waals surface area contributed by atoms with E-state index in [2.05, 4.69) is 4.74 Å². The first-order chi connectivity index (χ1) is 8.07. The van der Waals surface area contributed by atoms with Gasteiger partial charge in [-0.05, 0) is 13.0 Å². The molecule has 0 bridgehead atoms.